The van der Waals surface area contributed by atoms with E-state index >= 15 is 0 Å². The van der Waals surface area contributed by atoms with Crippen molar-refractivity contribution in [2.45, 2.75) is 32.8 Å². The van der Waals surface area contributed by atoms with Gasteiger partial charge in [0, 0.05) is 45.6 Å². The van der Waals surface area contributed by atoms with Gasteiger partial charge in [0.1, 0.15) is 6.54 Å². The lowest BCUT2D eigenvalue weighted by atomic mass is 10.3. The first-order chi connectivity index (χ1) is 10.5. The van der Waals surface area contributed by atoms with Gasteiger partial charge in [0.05, 0.1) is 12.7 Å². The van der Waals surface area contributed by atoms with Crippen LogP contribution in [0.2, 0.25) is 0 Å². The monoisotopic (exact) mass is 311 g/mol. The topological polar surface area (TPSA) is 70.2 Å². The Morgan fingerprint density at radius 1 is 1.09 bits per heavy atom. The Kier molecular flexibility index (Phi) is 5.90. The first kappa shape index (κ1) is 16.9. The van der Waals surface area contributed by atoms with Crippen molar-refractivity contribution in [3.8, 4) is 0 Å². The predicted octanol–water partition coefficient (Wildman–Crippen LogP) is -0.295. The smallest absolute Gasteiger partial charge is 0.242 e. The van der Waals surface area contributed by atoms with E-state index < -0.39 is 0 Å². The summed E-state index contributed by atoms with van der Waals surface area (Å²) in [4.78, 5) is 40.4. The molecule has 0 aromatic carbocycles. The second-order valence-corrected chi connectivity index (χ2v) is 6.02. The summed E-state index contributed by atoms with van der Waals surface area (Å²) < 4.78 is 5.53. The van der Waals surface area contributed by atoms with Crippen LogP contribution in [0.3, 0.4) is 0 Å². The van der Waals surface area contributed by atoms with Crippen molar-refractivity contribution in [2.24, 2.45) is 0 Å². The SMILES string of the molecule is CC(C)OCCN1CCN(C(=O)CN2C(=O)CCC2=O)CC1. The molecule has 0 N–H and O–H groups in total. The van der Waals surface area contributed by atoms with Crippen LogP contribution in [0.15, 0.2) is 0 Å². The highest BCUT2D eigenvalue weighted by Crippen LogP contribution is 2.12. The number of piperazine rings is 1. The van der Waals surface area contributed by atoms with E-state index in [2.05, 4.69) is 4.90 Å². The second kappa shape index (κ2) is 7.69. The average molecular weight is 311 g/mol. The molecule has 0 spiro atoms. The van der Waals surface area contributed by atoms with E-state index in [9.17, 15) is 14.4 Å². The molecule has 0 aromatic heterocycles. The lowest BCUT2D eigenvalue weighted by Gasteiger charge is -2.35. The van der Waals surface area contributed by atoms with E-state index in [0.29, 0.717) is 19.7 Å². The van der Waals surface area contributed by atoms with Crippen molar-refractivity contribution < 1.29 is 19.1 Å². The molecule has 2 rings (SSSR count). The van der Waals surface area contributed by atoms with E-state index in [-0.39, 0.29) is 43.2 Å². The first-order valence-electron chi connectivity index (χ1n) is 7.92. The number of hydrogen-bond donors (Lipinski definition) is 0. The molecular formula is C15H25N3O4. The normalized spacial score (nSPS) is 20.3. The van der Waals surface area contributed by atoms with Gasteiger partial charge in [-0.2, -0.15) is 0 Å². The molecule has 22 heavy (non-hydrogen) atoms. The van der Waals surface area contributed by atoms with E-state index in [4.69, 9.17) is 4.74 Å². The van der Waals surface area contributed by atoms with Gasteiger partial charge >= 0.3 is 0 Å². The molecule has 0 unspecified atom stereocenters. The number of ether oxygens (including phenoxy) is 1. The van der Waals surface area contributed by atoms with Gasteiger partial charge in [-0.15, -0.1) is 0 Å². The van der Waals surface area contributed by atoms with Crippen LogP contribution in [0.4, 0.5) is 0 Å². The number of imide groups is 1. The van der Waals surface area contributed by atoms with Crippen LogP contribution < -0.4 is 0 Å². The Balaban J connectivity index is 1.71. The van der Waals surface area contributed by atoms with E-state index in [1.807, 2.05) is 13.8 Å². The summed E-state index contributed by atoms with van der Waals surface area (Å²) in [5.74, 6) is -0.604. The maximum atomic E-state index is 12.2. The molecule has 2 aliphatic heterocycles. The molecule has 0 aromatic rings. The van der Waals surface area contributed by atoms with Crippen LogP contribution in [-0.4, -0.2) is 84.4 Å². The Hall–Kier alpha value is -1.47. The predicted molar refractivity (Wildman–Crippen MR) is 80.1 cm³/mol. The van der Waals surface area contributed by atoms with Crippen LogP contribution in [0, 0.1) is 0 Å². The van der Waals surface area contributed by atoms with E-state index in [0.717, 1.165) is 24.5 Å². The third kappa shape index (κ3) is 4.51. The standard InChI is InChI=1S/C15H25N3O4/c1-12(2)22-10-9-16-5-7-17(8-6-16)15(21)11-18-13(19)3-4-14(18)20/h12H,3-11H2,1-2H3. The zero-order chi connectivity index (χ0) is 16.1. The van der Waals surface area contributed by atoms with Crippen molar-refractivity contribution in [1.82, 2.24) is 14.7 Å². The fourth-order valence-corrected chi connectivity index (χ4v) is 2.67. The fourth-order valence-electron chi connectivity index (χ4n) is 2.67. The third-order valence-corrected chi connectivity index (χ3v) is 4.03. The summed E-state index contributed by atoms with van der Waals surface area (Å²) in [5, 5.41) is 0. The summed E-state index contributed by atoms with van der Waals surface area (Å²) in [6.07, 6.45) is 0.698. The largest absolute Gasteiger partial charge is 0.377 e. The molecule has 0 saturated carbocycles. The van der Waals surface area contributed by atoms with Crippen LogP contribution in [0.25, 0.3) is 0 Å². The maximum absolute atomic E-state index is 12.2. The number of amides is 3. The maximum Gasteiger partial charge on any atom is 0.242 e. The van der Waals surface area contributed by atoms with Crippen molar-refractivity contribution in [2.75, 3.05) is 45.9 Å². The summed E-state index contributed by atoms with van der Waals surface area (Å²) in [6.45, 7) is 8.35. The Labute approximate surface area is 131 Å². The number of likely N-dealkylation sites (tertiary alicyclic amines) is 1. The van der Waals surface area contributed by atoms with Crippen LogP contribution in [0.5, 0.6) is 0 Å². The van der Waals surface area contributed by atoms with Gasteiger partial charge in [0.15, 0.2) is 0 Å². The third-order valence-electron chi connectivity index (χ3n) is 4.03. The molecule has 2 saturated heterocycles. The lowest BCUT2D eigenvalue weighted by Crippen LogP contribution is -2.52. The fraction of sp³-hybridized carbons (Fsp3) is 0.800. The molecule has 2 fully saturated rings. The Morgan fingerprint density at radius 2 is 1.68 bits per heavy atom. The molecule has 0 atom stereocenters. The number of hydrogen-bond acceptors (Lipinski definition) is 5. The lowest BCUT2D eigenvalue weighted by molar-refractivity contribution is -0.146. The summed E-state index contributed by atoms with van der Waals surface area (Å²) in [6, 6.07) is 0. The molecule has 2 heterocycles. The minimum absolute atomic E-state index is 0.103. The minimum Gasteiger partial charge on any atom is -0.377 e. The first-order valence-corrected chi connectivity index (χ1v) is 7.92. The molecular weight excluding hydrogens is 286 g/mol. The average Bonchev–Trinajstić information content (AvgIpc) is 2.79. The molecule has 0 aliphatic carbocycles. The summed E-state index contributed by atoms with van der Waals surface area (Å²) in [7, 11) is 0. The van der Waals surface area contributed by atoms with Gasteiger partial charge in [-0.05, 0) is 13.8 Å². The highest BCUT2D eigenvalue weighted by Gasteiger charge is 2.32. The highest BCUT2D eigenvalue weighted by molar-refractivity contribution is 6.04. The van der Waals surface area contributed by atoms with Crippen LogP contribution in [0.1, 0.15) is 26.7 Å². The molecule has 2 aliphatic rings. The molecule has 7 heteroatoms. The Bertz CT molecular complexity index is 415. The molecule has 0 radical (unpaired) electrons. The van der Waals surface area contributed by atoms with Gasteiger partial charge in [-0.25, -0.2) is 0 Å². The zero-order valence-corrected chi connectivity index (χ0v) is 13.4. The molecule has 124 valence electrons. The van der Waals surface area contributed by atoms with Gasteiger partial charge in [0.2, 0.25) is 17.7 Å². The number of carbonyl (C=O) groups is 3. The van der Waals surface area contributed by atoms with Gasteiger partial charge < -0.3 is 9.64 Å². The molecule has 7 nitrogen and oxygen atoms in total. The Morgan fingerprint density at radius 3 is 2.23 bits per heavy atom. The quantitative estimate of drug-likeness (QED) is 0.630. The van der Waals surface area contributed by atoms with Crippen LogP contribution >= 0.6 is 0 Å². The number of rotatable bonds is 6. The number of carbonyl (C=O) groups excluding carboxylic acids is 3. The highest BCUT2D eigenvalue weighted by atomic mass is 16.5. The molecule has 3 amide bonds. The van der Waals surface area contributed by atoms with Crippen molar-refractivity contribution in [3.63, 3.8) is 0 Å². The zero-order valence-electron chi connectivity index (χ0n) is 13.4. The van der Waals surface area contributed by atoms with Crippen molar-refractivity contribution in [3.05, 3.63) is 0 Å². The number of nitrogens with zero attached hydrogens (tertiary/aromatic N) is 3. The van der Waals surface area contributed by atoms with E-state index in [1.54, 1.807) is 4.90 Å². The van der Waals surface area contributed by atoms with Gasteiger partial charge in [0.25, 0.3) is 0 Å². The van der Waals surface area contributed by atoms with Crippen molar-refractivity contribution >= 4 is 17.7 Å². The summed E-state index contributed by atoms with van der Waals surface area (Å²) in [5.41, 5.74) is 0. The minimum atomic E-state index is -0.233. The van der Waals surface area contributed by atoms with Gasteiger partial charge in [-0.3, -0.25) is 24.2 Å². The summed E-state index contributed by atoms with van der Waals surface area (Å²) >= 11 is 0. The second-order valence-electron chi connectivity index (χ2n) is 6.02. The molecule has 0 bridgehead atoms. The van der Waals surface area contributed by atoms with Gasteiger partial charge in [-0.1, -0.05) is 0 Å². The van der Waals surface area contributed by atoms with E-state index in [1.165, 1.54) is 0 Å². The van der Waals surface area contributed by atoms with Crippen LogP contribution in [-0.2, 0) is 19.1 Å². The van der Waals surface area contributed by atoms with Crippen molar-refractivity contribution in [1.29, 1.82) is 0 Å².